The van der Waals surface area contributed by atoms with Gasteiger partial charge in [-0.2, -0.15) is 114 Å². The highest BCUT2D eigenvalue weighted by atomic mass is 32.2. The summed E-state index contributed by atoms with van der Waals surface area (Å²) in [5.74, 6) is -81.2. The summed E-state index contributed by atoms with van der Waals surface area (Å²) >= 11 is 0. The minimum Gasteiger partial charge on any atom is -0.494 e. The molecule has 2 aromatic rings. The summed E-state index contributed by atoms with van der Waals surface area (Å²) < 4.78 is 407. The van der Waals surface area contributed by atoms with Crippen molar-refractivity contribution in [1.29, 1.82) is 0 Å². The molecule has 72 heavy (non-hydrogen) atoms. The number of benzene rings is 2. The molecule has 34 heteroatoms. The lowest BCUT2D eigenvalue weighted by Gasteiger charge is -2.39. The Labute approximate surface area is 390 Å². The van der Waals surface area contributed by atoms with Crippen molar-refractivity contribution in [2.75, 3.05) is 24.7 Å². The van der Waals surface area contributed by atoms with Gasteiger partial charge in [0, 0.05) is 12.8 Å². The zero-order valence-electron chi connectivity index (χ0n) is 35.6. The van der Waals surface area contributed by atoms with Gasteiger partial charge in [0.1, 0.15) is 11.5 Å². The highest BCUT2D eigenvalue weighted by Gasteiger charge is 2.92. The maximum absolute atomic E-state index is 14.1. The average molecular weight is 1150 g/mol. The fourth-order valence-electron chi connectivity index (χ4n) is 5.81. The van der Waals surface area contributed by atoms with Gasteiger partial charge in [0.05, 0.1) is 34.5 Å². The smallest absolute Gasteiger partial charge is 0.460 e. The second-order valence-electron chi connectivity index (χ2n) is 15.6. The highest BCUT2D eigenvalue weighted by molar-refractivity contribution is 7.91. The second-order valence-corrected chi connectivity index (χ2v) is 19.8. The quantitative estimate of drug-likeness (QED) is 0.0596. The third kappa shape index (κ3) is 13.0. The van der Waals surface area contributed by atoms with E-state index in [1.807, 2.05) is 0 Å². The van der Waals surface area contributed by atoms with E-state index in [9.17, 15) is 131 Å². The van der Waals surface area contributed by atoms with Gasteiger partial charge in [-0.15, -0.1) is 0 Å². The van der Waals surface area contributed by atoms with E-state index in [0.717, 1.165) is 24.3 Å². The van der Waals surface area contributed by atoms with Gasteiger partial charge in [-0.3, -0.25) is 0 Å². The number of alkyl halides is 26. The molecule has 0 aliphatic rings. The Hall–Kier alpha value is -3.88. The van der Waals surface area contributed by atoms with Crippen LogP contribution in [0.5, 0.6) is 11.5 Å². The Morgan fingerprint density at radius 1 is 0.306 bits per heavy atom. The lowest BCUT2D eigenvalue weighted by Crippen LogP contribution is -2.70. The first-order chi connectivity index (χ1) is 32.1. The molecule has 0 unspecified atom stereocenters. The molecule has 0 radical (unpaired) electrons. The van der Waals surface area contributed by atoms with Gasteiger partial charge < -0.3 is 9.47 Å². The van der Waals surface area contributed by atoms with Crippen LogP contribution in [0.3, 0.4) is 0 Å². The molecule has 0 bridgehead atoms. The van der Waals surface area contributed by atoms with E-state index in [-0.39, 0.29) is 24.7 Å². The molecular formula is C38H36F26O6S2. The Kier molecular flexibility index (Phi) is 19.4. The van der Waals surface area contributed by atoms with Gasteiger partial charge in [0.2, 0.25) is 0 Å². The van der Waals surface area contributed by atoms with E-state index in [1.165, 1.54) is 0 Å². The first-order valence-corrected chi connectivity index (χ1v) is 23.2. The van der Waals surface area contributed by atoms with Crippen LogP contribution >= 0.6 is 0 Å². The van der Waals surface area contributed by atoms with Crippen LogP contribution in [-0.4, -0.2) is 113 Å². The lowest BCUT2D eigenvalue weighted by atomic mass is 9.93. The summed E-state index contributed by atoms with van der Waals surface area (Å²) in [6, 6.07) is 6.41. The summed E-state index contributed by atoms with van der Waals surface area (Å²) in [6.45, 7) is 0.0411. The van der Waals surface area contributed by atoms with Crippen LogP contribution < -0.4 is 9.47 Å². The predicted molar refractivity (Wildman–Crippen MR) is 196 cm³/mol. The summed E-state index contributed by atoms with van der Waals surface area (Å²) in [7, 11) is -10.3. The summed E-state index contributed by atoms with van der Waals surface area (Å²) in [6.07, 6.45) is -16.4. The third-order valence-corrected chi connectivity index (χ3v) is 13.8. The summed E-state index contributed by atoms with van der Waals surface area (Å²) in [4.78, 5) is -1.86. The molecular weight excluding hydrogens is 1110 g/mol. The van der Waals surface area contributed by atoms with Crippen LogP contribution in [0.4, 0.5) is 114 Å². The molecule has 0 aromatic heterocycles. The van der Waals surface area contributed by atoms with Crippen LogP contribution in [0, 0.1) is 0 Å². The van der Waals surface area contributed by atoms with E-state index in [0.29, 0.717) is 75.6 Å². The Morgan fingerprint density at radius 3 is 0.764 bits per heavy atom. The first-order valence-electron chi connectivity index (χ1n) is 19.9. The number of halogens is 26. The fourth-order valence-corrected chi connectivity index (χ4v) is 8.43. The Balaban J connectivity index is 1.75. The number of rotatable bonds is 29. The molecule has 0 atom stereocenters. The number of ether oxygens (including phenoxy) is 2. The van der Waals surface area contributed by atoms with E-state index in [4.69, 9.17) is 9.47 Å². The normalized spacial score (nSPS) is 15.0. The molecule has 2 rings (SSSR count). The van der Waals surface area contributed by atoms with Crippen molar-refractivity contribution in [3.63, 3.8) is 0 Å². The zero-order valence-corrected chi connectivity index (χ0v) is 37.2. The molecule has 2 aromatic carbocycles. The minimum absolute atomic E-state index is 0.0205. The molecule has 0 aliphatic carbocycles. The SMILES string of the molecule is O=S(=O)(CCC(F)(F)C(F)(F)C(F)(F)C(F)(F)C(F)(F)C(F)(F)F)c1ccc(OCCCCCCCCCCOc2ccc(S(=O)(=O)CCC(F)(F)C(F)(F)C(F)(F)C(F)(F)C(F)(F)C(F)(F)F)cc2)cc1. The number of sulfone groups is 2. The van der Waals surface area contributed by atoms with Gasteiger partial charge in [0.25, 0.3) is 0 Å². The summed E-state index contributed by atoms with van der Waals surface area (Å²) in [5.41, 5.74) is 0. The van der Waals surface area contributed by atoms with Crippen LogP contribution in [0.25, 0.3) is 0 Å². The van der Waals surface area contributed by atoms with Crippen molar-refractivity contribution >= 4 is 19.7 Å². The van der Waals surface area contributed by atoms with Crippen LogP contribution in [0.15, 0.2) is 58.3 Å². The van der Waals surface area contributed by atoms with Gasteiger partial charge in [-0.1, -0.05) is 38.5 Å². The number of hydrogen-bond acceptors (Lipinski definition) is 6. The molecule has 0 amide bonds. The maximum Gasteiger partial charge on any atom is 0.460 e. The van der Waals surface area contributed by atoms with E-state index in [2.05, 4.69) is 0 Å². The largest absolute Gasteiger partial charge is 0.494 e. The number of hydrogen-bond donors (Lipinski definition) is 0. The van der Waals surface area contributed by atoms with Gasteiger partial charge in [0.15, 0.2) is 19.7 Å². The van der Waals surface area contributed by atoms with Crippen molar-refractivity contribution in [2.45, 2.75) is 146 Å². The molecule has 0 aliphatic heterocycles. The van der Waals surface area contributed by atoms with E-state index < -0.39 is 125 Å². The minimum atomic E-state index is -8.13. The van der Waals surface area contributed by atoms with Crippen molar-refractivity contribution in [3.05, 3.63) is 48.5 Å². The van der Waals surface area contributed by atoms with Gasteiger partial charge >= 0.3 is 71.6 Å². The van der Waals surface area contributed by atoms with Gasteiger partial charge in [-0.25, -0.2) is 16.8 Å². The van der Waals surface area contributed by atoms with Crippen LogP contribution in [0.1, 0.15) is 64.2 Å². The Morgan fingerprint density at radius 2 is 0.528 bits per heavy atom. The third-order valence-electron chi connectivity index (χ3n) is 10.3. The average Bonchev–Trinajstić information content (AvgIpc) is 3.24. The van der Waals surface area contributed by atoms with E-state index in [1.54, 1.807) is 0 Å². The molecule has 0 saturated heterocycles. The molecule has 0 fully saturated rings. The molecule has 0 spiro atoms. The van der Waals surface area contributed by atoms with Crippen LogP contribution in [-0.2, 0) is 19.7 Å². The second kappa shape index (κ2) is 21.8. The van der Waals surface area contributed by atoms with Crippen molar-refractivity contribution in [2.24, 2.45) is 0 Å². The number of unbranched alkanes of at least 4 members (excludes halogenated alkanes) is 7. The molecule has 418 valence electrons. The predicted octanol–water partition coefficient (Wildman–Crippen LogP) is 14.1. The van der Waals surface area contributed by atoms with Gasteiger partial charge in [-0.05, 0) is 61.4 Å². The van der Waals surface area contributed by atoms with Crippen LogP contribution in [0.2, 0.25) is 0 Å². The summed E-state index contributed by atoms with van der Waals surface area (Å²) in [5, 5.41) is 0. The monoisotopic (exact) mass is 1150 g/mol. The Bertz CT molecular complexity index is 2140. The standard InChI is InChI=1S/C38H36F26O6S2/c39-27(40,29(43,44)31(47,48)33(51,52)35(55,56)37(59,60)61)17-21-71(65,66)25-13-9-23(10-14-25)69-19-7-5-3-1-2-4-6-8-20-70-24-11-15-26(16-12-24)72(67,68)22-18-28(41,42)30(45,46)32(49,50)34(53,54)36(57,58)38(62,63)64/h9-16H,1-8,17-22H2. The highest BCUT2D eigenvalue weighted by Crippen LogP contribution is 2.62. The van der Waals surface area contributed by atoms with E-state index >= 15 is 0 Å². The van der Waals surface area contributed by atoms with Crippen molar-refractivity contribution in [1.82, 2.24) is 0 Å². The van der Waals surface area contributed by atoms with Crippen molar-refractivity contribution in [3.8, 4) is 11.5 Å². The first kappa shape index (κ1) is 64.2. The topological polar surface area (TPSA) is 86.7 Å². The lowest BCUT2D eigenvalue weighted by molar-refractivity contribution is -0.439. The molecule has 0 saturated carbocycles. The van der Waals surface area contributed by atoms with Crippen molar-refractivity contribution < 1.29 is 140 Å². The maximum atomic E-state index is 14.1. The zero-order chi connectivity index (χ0) is 56.3. The molecule has 6 nitrogen and oxygen atoms in total. The fraction of sp³-hybridized carbons (Fsp3) is 0.684. The molecule has 0 heterocycles. The molecule has 0 N–H and O–H groups in total.